The summed E-state index contributed by atoms with van der Waals surface area (Å²) in [6, 6.07) is 11.9. The van der Waals surface area contributed by atoms with E-state index < -0.39 is 0 Å². The summed E-state index contributed by atoms with van der Waals surface area (Å²) in [5.41, 5.74) is 0. The van der Waals surface area contributed by atoms with Gasteiger partial charge < -0.3 is 5.32 Å². The Hall–Kier alpha value is -1.86. The Bertz CT molecular complexity index is 498. The van der Waals surface area contributed by atoms with Crippen LogP contribution in [0.3, 0.4) is 0 Å². The fraction of sp³-hybridized carbons (Fsp3) is 0.167. The highest BCUT2D eigenvalue weighted by atomic mass is 32.1. The van der Waals surface area contributed by atoms with Gasteiger partial charge in [-0.2, -0.15) is 5.26 Å². The van der Waals surface area contributed by atoms with E-state index in [9.17, 15) is 0 Å². The Morgan fingerprint density at radius 2 is 2.25 bits per heavy atom. The van der Waals surface area contributed by atoms with Gasteiger partial charge in [0.15, 0.2) is 0 Å². The molecule has 0 fully saturated rings. The van der Waals surface area contributed by atoms with Gasteiger partial charge >= 0.3 is 0 Å². The standard InChI is InChI=1S/C12H11N3S/c1-9(11-6-5-10(8-13)16-11)15-12-4-2-3-7-14-12/h2-7,9H,1H3,(H,14,15). The summed E-state index contributed by atoms with van der Waals surface area (Å²) in [5, 5.41) is 12.0. The minimum atomic E-state index is 0.169. The summed E-state index contributed by atoms with van der Waals surface area (Å²) in [7, 11) is 0. The first-order valence-electron chi connectivity index (χ1n) is 4.97. The molecule has 1 unspecified atom stereocenters. The van der Waals surface area contributed by atoms with E-state index in [1.807, 2.05) is 30.3 Å². The summed E-state index contributed by atoms with van der Waals surface area (Å²) in [4.78, 5) is 6.08. The Labute approximate surface area is 98.4 Å². The van der Waals surface area contributed by atoms with Gasteiger partial charge in [-0.25, -0.2) is 4.98 Å². The lowest BCUT2D eigenvalue weighted by Gasteiger charge is -2.12. The number of nitrogens with zero attached hydrogens (tertiary/aromatic N) is 2. The van der Waals surface area contributed by atoms with Gasteiger partial charge in [-0.3, -0.25) is 0 Å². The Morgan fingerprint density at radius 1 is 1.38 bits per heavy atom. The van der Waals surface area contributed by atoms with Crippen molar-refractivity contribution in [3.8, 4) is 6.07 Å². The average Bonchev–Trinajstić information content (AvgIpc) is 2.79. The van der Waals surface area contributed by atoms with Crippen LogP contribution < -0.4 is 5.32 Å². The van der Waals surface area contributed by atoms with E-state index in [0.717, 1.165) is 15.6 Å². The molecule has 2 heterocycles. The number of hydrogen-bond donors (Lipinski definition) is 1. The number of thiophene rings is 1. The second kappa shape index (κ2) is 4.77. The third kappa shape index (κ3) is 2.38. The molecule has 1 atom stereocenters. The highest BCUT2D eigenvalue weighted by Crippen LogP contribution is 2.24. The molecule has 0 aliphatic heterocycles. The summed E-state index contributed by atoms with van der Waals surface area (Å²) in [5.74, 6) is 0.849. The van der Waals surface area contributed by atoms with Crippen LogP contribution in [0.5, 0.6) is 0 Å². The van der Waals surface area contributed by atoms with E-state index in [1.54, 1.807) is 6.20 Å². The Kier molecular flexibility index (Phi) is 3.18. The molecular weight excluding hydrogens is 218 g/mol. The van der Waals surface area contributed by atoms with Crippen molar-refractivity contribution >= 4 is 17.2 Å². The molecule has 0 radical (unpaired) electrons. The van der Waals surface area contributed by atoms with Gasteiger partial charge in [0.1, 0.15) is 16.8 Å². The maximum Gasteiger partial charge on any atom is 0.126 e. The second-order valence-corrected chi connectivity index (χ2v) is 4.51. The zero-order valence-electron chi connectivity index (χ0n) is 8.84. The van der Waals surface area contributed by atoms with Crippen LogP contribution in [0.15, 0.2) is 36.5 Å². The van der Waals surface area contributed by atoms with Crippen molar-refractivity contribution in [3.05, 3.63) is 46.3 Å². The maximum absolute atomic E-state index is 8.75. The molecule has 80 valence electrons. The van der Waals surface area contributed by atoms with Crippen molar-refractivity contribution in [2.75, 3.05) is 5.32 Å². The first-order chi connectivity index (χ1) is 7.79. The summed E-state index contributed by atoms with van der Waals surface area (Å²) >= 11 is 1.51. The fourth-order valence-corrected chi connectivity index (χ4v) is 2.19. The number of nitrogens with one attached hydrogen (secondary N) is 1. The smallest absolute Gasteiger partial charge is 0.126 e. The molecule has 2 aromatic rings. The van der Waals surface area contributed by atoms with E-state index >= 15 is 0 Å². The van der Waals surface area contributed by atoms with E-state index in [1.165, 1.54) is 11.3 Å². The molecule has 0 spiro atoms. The molecule has 3 nitrogen and oxygen atoms in total. The quantitative estimate of drug-likeness (QED) is 0.879. The van der Waals surface area contributed by atoms with E-state index in [-0.39, 0.29) is 6.04 Å². The minimum absolute atomic E-state index is 0.169. The Balaban J connectivity index is 2.09. The molecule has 2 rings (SSSR count). The average molecular weight is 229 g/mol. The van der Waals surface area contributed by atoms with Crippen LogP contribution in [0.2, 0.25) is 0 Å². The third-order valence-corrected chi connectivity index (χ3v) is 3.37. The summed E-state index contributed by atoms with van der Waals surface area (Å²) in [6.45, 7) is 2.06. The predicted molar refractivity (Wildman–Crippen MR) is 65.3 cm³/mol. The molecule has 1 N–H and O–H groups in total. The van der Waals surface area contributed by atoms with Crippen LogP contribution in [0.25, 0.3) is 0 Å². The van der Waals surface area contributed by atoms with Crippen molar-refractivity contribution in [1.29, 1.82) is 5.26 Å². The van der Waals surface area contributed by atoms with Crippen LogP contribution in [0.4, 0.5) is 5.82 Å². The molecule has 2 aromatic heterocycles. The molecule has 0 aromatic carbocycles. The van der Waals surface area contributed by atoms with Gasteiger partial charge in [-0.15, -0.1) is 11.3 Å². The zero-order valence-corrected chi connectivity index (χ0v) is 9.66. The van der Waals surface area contributed by atoms with E-state index in [2.05, 4.69) is 23.3 Å². The van der Waals surface area contributed by atoms with Crippen molar-refractivity contribution < 1.29 is 0 Å². The Morgan fingerprint density at radius 3 is 2.88 bits per heavy atom. The van der Waals surface area contributed by atoms with E-state index in [4.69, 9.17) is 5.26 Å². The first kappa shape index (κ1) is 10.7. The summed E-state index contributed by atoms with van der Waals surface area (Å²) in [6.07, 6.45) is 1.75. The molecule has 0 bridgehead atoms. The monoisotopic (exact) mass is 229 g/mol. The SMILES string of the molecule is CC(Nc1ccccn1)c1ccc(C#N)s1. The number of nitriles is 1. The topological polar surface area (TPSA) is 48.7 Å². The molecule has 0 aliphatic rings. The maximum atomic E-state index is 8.75. The van der Waals surface area contributed by atoms with Crippen LogP contribution in [-0.2, 0) is 0 Å². The highest BCUT2D eigenvalue weighted by Gasteiger charge is 2.08. The molecule has 4 heteroatoms. The number of rotatable bonds is 3. The zero-order chi connectivity index (χ0) is 11.4. The lowest BCUT2D eigenvalue weighted by Crippen LogP contribution is -2.05. The lowest BCUT2D eigenvalue weighted by molar-refractivity contribution is 0.896. The van der Waals surface area contributed by atoms with Crippen molar-refractivity contribution in [1.82, 2.24) is 4.98 Å². The van der Waals surface area contributed by atoms with E-state index in [0.29, 0.717) is 0 Å². The van der Waals surface area contributed by atoms with Gasteiger partial charge in [-0.05, 0) is 31.2 Å². The molecular formula is C12H11N3S. The molecule has 0 saturated carbocycles. The van der Waals surface area contributed by atoms with Crippen LogP contribution in [0.1, 0.15) is 22.7 Å². The minimum Gasteiger partial charge on any atom is -0.363 e. The summed E-state index contributed by atoms with van der Waals surface area (Å²) < 4.78 is 0. The normalized spacial score (nSPS) is 11.8. The van der Waals surface area contributed by atoms with Crippen LogP contribution in [0, 0.1) is 11.3 Å². The van der Waals surface area contributed by atoms with Gasteiger partial charge in [0.05, 0.1) is 6.04 Å². The third-order valence-electron chi connectivity index (χ3n) is 2.19. The van der Waals surface area contributed by atoms with Gasteiger partial charge in [0.25, 0.3) is 0 Å². The number of hydrogen-bond acceptors (Lipinski definition) is 4. The van der Waals surface area contributed by atoms with Crippen LogP contribution >= 0.6 is 11.3 Å². The number of aromatic nitrogens is 1. The highest BCUT2D eigenvalue weighted by molar-refractivity contribution is 7.12. The van der Waals surface area contributed by atoms with Gasteiger partial charge in [0, 0.05) is 11.1 Å². The van der Waals surface area contributed by atoms with Crippen LogP contribution in [-0.4, -0.2) is 4.98 Å². The lowest BCUT2D eigenvalue weighted by atomic mass is 10.2. The first-order valence-corrected chi connectivity index (χ1v) is 5.78. The molecule has 0 aliphatic carbocycles. The fourth-order valence-electron chi connectivity index (χ4n) is 1.39. The number of anilines is 1. The molecule has 0 saturated heterocycles. The largest absolute Gasteiger partial charge is 0.363 e. The van der Waals surface area contributed by atoms with Crippen molar-refractivity contribution in [2.24, 2.45) is 0 Å². The van der Waals surface area contributed by atoms with Crippen molar-refractivity contribution in [3.63, 3.8) is 0 Å². The second-order valence-electron chi connectivity index (χ2n) is 3.39. The predicted octanol–water partition coefficient (Wildman–Crippen LogP) is 3.19. The molecule has 0 amide bonds. The molecule has 16 heavy (non-hydrogen) atoms. The van der Waals surface area contributed by atoms with Gasteiger partial charge in [0.2, 0.25) is 0 Å². The number of pyridine rings is 1. The van der Waals surface area contributed by atoms with Crippen molar-refractivity contribution in [2.45, 2.75) is 13.0 Å². The van der Waals surface area contributed by atoms with Gasteiger partial charge in [-0.1, -0.05) is 6.07 Å².